The molecule has 0 amide bonds. The van der Waals surface area contributed by atoms with Gasteiger partial charge in [0.15, 0.2) is 23.3 Å². The summed E-state index contributed by atoms with van der Waals surface area (Å²) in [6.45, 7) is 5.71. The van der Waals surface area contributed by atoms with Gasteiger partial charge in [-0.05, 0) is 47.2 Å². The van der Waals surface area contributed by atoms with E-state index in [2.05, 4.69) is 9.80 Å². The average molecular weight is 653 g/mol. The molecule has 11 nitrogen and oxygen atoms in total. The Kier molecular flexibility index (Phi) is 7.88. The third-order valence-corrected chi connectivity index (χ3v) is 9.58. The number of benzene rings is 2. The van der Waals surface area contributed by atoms with Gasteiger partial charge in [-0.3, -0.25) is 0 Å². The van der Waals surface area contributed by atoms with Crippen LogP contribution in [0.25, 0.3) is 43.2 Å². The highest BCUT2D eigenvalue weighted by atomic mass is 32.1. The molecule has 6 heterocycles. The van der Waals surface area contributed by atoms with Gasteiger partial charge < -0.3 is 28.7 Å². The third-order valence-electron chi connectivity index (χ3n) is 7.78. The number of fused-ring (bicyclic) bond motifs is 2. The monoisotopic (exact) mass is 652 g/mol. The molecule has 0 unspecified atom stereocenters. The van der Waals surface area contributed by atoms with Crippen LogP contribution in [0.15, 0.2) is 71.4 Å². The number of ether oxygens (including phenoxy) is 4. The van der Waals surface area contributed by atoms with E-state index in [1.54, 1.807) is 59.1 Å². The normalized spacial score (nSPS) is 15.4. The maximum atomic E-state index is 12.9. The molecule has 13 heteroatoms. The molecule has 2 fully saturated rings. The van der Waals surface area contributed by atoms with E-state index in [1.807, 2.05) is 35.0 Å². The molecule has 0 bridgehead atoms. The first kappa shape index (κ1) is 28.8. The Balaban J connectivity index is 1.01. The first-order chi connectivity index (χ1) is 22.7. The molecular weight excluding hydrogens is 625 g/mol. The van der Waals surface area contributed by atoms with Crippen molar-refractivity contribution in [3.63, 3.8) is 0 Å². The second-order valence-corrected chi connectivity index (χ2v) is 12.6. The van der Waals surface area contributed by atoms with Crippen LogP contribution in [0.4, 0.5) is 16.4 Å². The molecule has 6 aromatic rings. The van der Waals surface area contributed by atoms with Crippen molar-refractivity contribution in [2.75, 3.05) is 62.4 Å². The van der Waals surface area contributed by atoms with E-state index in [0.717, 1.165) is 69.4 Å². The number of hydrogen-bond donors (Lipinski definition) is 0. The lowest BCUT2D eigenvalue weighted by Gasteiger charge is -2.28. The molecule has 2 saturated heterocycles. The minimum atomic E-state index is -0.860. The summed E-state index contributed by atoms with van der Waals surface area (Å²) in [7, 11) is 0. The lowest BCUT2D eigenvalue weighted by molar-refractivity contribution is 0.122. The molecule has 4 aromatic heterocycles. The Morgan fingerprint density at radius 2 is 1.09 bits per heavy atom. The molecule has 2 aromatic carbocycles. The molecule has 8 rings (SSSR count). The zero-order valence-corrected chi connectivity index (χ0v) is 26.3. The molecule has 0 aliphatic carbocycles. The Labute approximate surface area is 272 Å². The van der Waals surface area contributed by atoms with E-state index in [9.17, 15) is 4.79 Å². The fourth-order valence-corrected chi connectivity index (χ4v) is 7.24. The van der Waals surface area contributed by atoms with Gasteiger partial charge in [-0.15, -0.1) is 22.7 Å². The number of carbonyl (C=O) groups is 1. The minimum absolute atomic E-state index is 0.321. The summed E-state index contributed by atoms with van der Waals surface area (Å²) in [5.41, 5.74) is 3.21. The number of morpholine rings is 2. The van der Waals surface area contributed by atoms with Gasteiger partial charge in [0, 0.05) is 37.3 Å². The number of carbonyl (C=O) groups excluding carboxylic acids is 1. The standard InChI is InChI=1S/C33H28N6O5S2/c40-33(43-23-5-1-3-21(19-23)29-34-25-7-17-45-27(25)31(36-29)38-9-13-41-14-10-38)44-24-6-2-4-22(20-24)30-35-26-8-18-46-28(26)32(37-30)39-11-15-42-16-12-39/h1-8,17-20H,9-16H2. The fraction of sp³-hybridized carbons (Fsp3) is 0.242. The summed E-state index contributed by atoms with van der Waals surface area (Å²) in [4.78, 5) is 36.8. The van der Waals surface area contributed by atoms with Crippen LogP contribution in [0.3, 0.4) is 0 Å². The van der Waals surface area contributed by atoms with Gasteiger partial charge >= 0.3 is 6.16 Å². The van der Waals surface area contributed by atoms with Crippen molar-refractivity contribution in [1.29, 1.82) is 0 Å². The predicted molar refractivity (Wildman–Crippen MR) is 178 cm³/mol. The number of hydrogen-bond acceptors (Lipinski definition) is 13. The van der Waals surface area contributed by atoms with Gasteiger partial charge in [-0.25, -0.2) is 24.7 Å². The van der Waals surface area contributed by atoms with Crippen LogP contribution in [0, 0.1) is 0 Å². The van der Waals surface area contributed by atoms with Crippen molar-refractivity contribution in [3.8, 4) is 34.3 Å². The van der Waals surface area contributed by atoms with Gasteiger partial charge in [0.25, 0.3) is 0 Å². The van der Waals surface area contributed by atoms with Gasteiger partial charge in [-0.1, -0.05) is 24.3 Å². The van der Waals surface area contributed by atoms with Crippen LogP contribution in [0.1, 0.15) is 0 Å². The molecule has 0 saturated carbocycles. The van der Waals surface area contributed by atoms with Crippen molar-refractivity contribution in [1.82, 2.24) is 19.9 Å². The molecule has 2 aliphatic rings. The molecule has 0 atom stereocenters. The molecule has 2 aliphatic heterocycles. The largest absolute Gasteiger partial charge is 0.519 e. The average Bonchev–Trinajstić information content (AvgIpc) is 3.78. The summed E-state index contributed by atoms with van der Waals surface area (Å²) < 4.78 is 24.4. The zero-order chi connectivity index (χ0) is 30.9. The van der Waals surface area contributed by atoms with Crippen LogP contribution in [0.2, 0.25) is 0 Å². The molecule has 0 spiro atoms. The first-order valence-corrected chi connectivity index (χ1v) is 16.7. The van der Waals surface area contributed by atoms with Crippen LogP contribution in [-0.4, -0.2) is 78.7 Å². The van der Waals surface area contributed by atoms with E-state index in [-0.39, 0.29) is 0 Å². The Bertz CT molecular complexity index is 1890. The maximum Gasteiger partial charge on any atom is 0.519 e. The third kappa shape index (κ3) is 5.85. The van der Waals surface area contributed by atoms with Crippen molar-refractivity contribution in [2.45, 2.75) is 0 Å². The second kappa shape index (κ2) is 12.6. The molecular formula is C33H28N6O5S2. The summed E-state index contributed by atoms with van der Waals surface area (Å²) in [6, 6.07) is 18.3. The Morgan fingerprint density at radius 1 is 0.630 bits per heavy atom. The number of nitrogens with zero attached hydrogens (tertiary/aromatic N) is 6. The van der Waals surface area contributed by atoms with Crippen molar-refractivity contribution in [2.24, 2.45) is 0 Å². The van der Waals surface area contributed by atoms with E-state index >= 15 is 0 Å². The second-order valence-electron chi connectivity index (χ2n) is 10.7. The minimum Gasteiger partial charge on any atom is -0.395 e. The van der Waals surface area contributed by atoms with Crippen molar-refractivity contribution >= 4 is 60.9 Å². The van der Waals surface area contributed by atoms with E-state index in [4.69, 9.17) is 38.9 Å². The summed E-state index contributed by atoms with van der Waals surface area (Å²) in [5.74, 6) is 3.53. The quantitative estimate of drug-likeness (QED) is 0.150. The van der Waals surface area contributed by atoms with Crippen LogP contribution in [-0.2, 0) is 9.47 Å². The van der Waals surface area contributed by atoms with Gasteiger partial charge in [0.2, 0.25) is 0 Å². The van der Waals surface area contributed by atoms with Gasteiger partial charge in [0.1, 0.15) is 11.5 Å². The molecule has 0 radical (unpaired) electrons. The van der Waals surface area contributed by atoms with E-state index < -0.39 is 6.16 Å². The summed E-state index contributed by atoms with van der Waals surface area (Å²) >= 11 is 3.25. The summed E-state index contributed by atoms with van der Waals surface area (Å²) in [5, 5.41) is 4.04. The zero-order valence-electron chi connectivity index (χ0n) is 24.6. The van der Waals surface area contributed by atoms with Crippen LogP contribution < -0.4 is 19.3 Å². The van der Waals surface area contributed by atoms with Crippen molar-refractivity contribution < 1.29 is 23.7 Å². The highest BCUT2D eigenvalue weighted by Gasteiger charge is 2.21. The number of thiophene rings is 2. The van der Waals surface area contributed by atoms with E-state index in [0.29, 0.717) is 49.6 Å². The SMILES string of the molecule is O=C(Oc1cccc(-c2nc(N3CCOCC3)c3sccc3n2)c1)Oc1cccc(-c2nc(N3CCOCC3)c3sccc3n2)c1. The number of anilines is 2. The van der Waals surface area contributed by atoms with Crippen LogP contribution in [0.5, 0.6) is 11.5 Å². The fourth-order valence-electron chi connectivity index (χ4n) is 5.54. The Hall–Kier alpha value is -4.69. The molecule has 232 valence electrons. The first-order valence-electron chi connectivity index (χ1n) is 14.9. The maximum absolute atomic E-state index is 12.9. The highest BCUT2D eigenvalue weighted by Crippen LogP contribution is 2.34. The topological polar surface area (TPSA) is 112 Å². The number of rotatable bonds is 6. The summed E-state index contributed by atoms with van der Waals surface area (Å²) in [6.07, 6.45) is -0.860. The van der Waals surface area contributed by atoms with E-state index in [1.165, 1.54) is 0 Å². The smallest absolute Gasteiger partial charge is 0.395 e. The van der Waals surface area contributed by atoms with Gasteiger partial charge in [0.05, 0.1) is 46.9 Å². The molecule has 46 heavy (non-hydrogen) atoms. The van der Waals surface area contributed by atoms with Gasteiger partial charge in [-0.2, -0.15) is 0 Å². The highest BCUT2D eigenvalue weighted by molar-refractivity contribution is 7.18. The Morgan fingerprint density at radius 3 is 1.54 bits per heavy atom. The lowest BCUT2D eigenvalue weighted by Crippen LogP contribution is -2.36. The van der Waals surface area contributed by atoms with Crippen LogP contribution >= 0.6 is 22.7 Å². The molecule has 0 N–H and O–H groups in total. The lowest BCUT2D eigenvalue weighted by atomic mass is 10.2. The predicted octanol–water partition coefficient (Wildman–Crippen LogP) is 6.28. The number of aromatic nitrogens is 4. The van der Waals surface area contributed by atoms with Crippen molar-refractivity contribution in [3.05, 3.63) is 71.4 Å².